The van der Waals surface area contributed by atoms with Crippen LogP contribution in [0.2, 0.25) is 0 Å². The highest BCUT2D eigenvalue weighted by Gasteiger charge is 2.04. The first-order valence-corrected chi connectivity index (χ1v) is 8.19. The Morgan fingerprint density at radius 3 is 2.75 bits per heavy atom. The Labute approximate surface area is 131 Å². The molecule has 3 nitrogen and oxygen atoms in total. The third kappa shape index (κ3) is 7.27. The van der Waals surface area contributed by atoms with Crippen molar-refractivity contribution < 1.29 is 4.74 Å². The molecule has 0 aliphatic rings. The third-order valence-electron chi connectivity index (χ3n) is 3.01. The molecule has 1 aromatic carbocycles. The van der Waals surface area contributed by atoms with Crippen LogP contribution >= 0.6 is 15.9 Å². The quantitative estimate of drug-likeness (QED) is 0.656. The Hall–Kier alpha value is -0.580. The van der Waals surface area contributed by atoms with Crippen molar-refractivity contribution in [3.63, 3.8) is 0 Å². The van der Waals surface area contributed by atoms with Crippen LogP contribution in [-0.2, 0) is 6.54 Å². The van der Waals surface area contributed by atoms with E-state index in [-0.39, 0.29) is 0 Å². The van der Waals surface area contributed by atoms with Crippen LogP contribution in [0.5, 0.6) is 5.75 Å². The molecule has 0 spiro atoms. The van der Waals surface area contributed by atoms with E-state index < -0.39 is 0 Å². The van der Waals surface area contributed by atoms with Gasteiger partial charge in [-0.3, -0.25) is 0 Å². The highest BCUT2D eigenvalue weighted by Crippen LogP contribution is 2.23. The van der Waals surface area contributed by atoms with E-state index in [1.165, 1.54) is 18.4 Å². The number of hydrogen-bond donors (Lipinski definition) is 1. The van der Waals surface area contributed by atoms with Gasteiger partial charge in [-0.25, -0.2) is 0 Å². The highest BCUT2D eigenvalue weighted by atomic mass is 79.9. The van der Waals surface area contributed by atoms with Gasteiger partial charge in [0.15, 0.2) is 0 Å². The molecule has 0 saturated carbocycles. The second-order valence-electron chi connectivity index (χ2n) is 5.29. The summed E-state index contributed by atoms with van der Waals surface area (Å²) in [5, 5.41) is 3.50. The minimum Gasteiger partial charge on any atom is -0.493 e. The van der Waals surface area contributed by atoms with E-state index in [2.05, 4.69) is 53.2 Å². The molecule has 1 aromatic rings. The van der Waals surface area contributed by atoms with Crippen molar-refractivity contribution in [1.82, 2.24) is 10.2 Å². The zero-order chi connectivity index (χ0) is 14.8. The number of halogens is 1. The van der Waals surface area contributed by atoms with E-state index in [0.29, 0.717) is 0 Å². The minimum atomic E-state index is 0.775. The molecule has 0 radical (unpaired) electrons. The van der Waals surface area contributed by atoms with Crippen LogP contribution in [0, 0.1) is 0 Å². The van der Waals surface area contributed by atoms with Gasteiger partial charge in [0.25, 0.3) is 0 Å². The Morgan fingerprint density at radius 1 is 1.25 bits per heavy atom. The van der Waals surface area contributed by atoms with Crippen molar-refractivity contribution in [2.45, 2.75) is 32.7 Å². The van der Waals surface area contributed by atoms with E-state index in [1.54, 1.807) is 0 Å². The zero-order valence-corrected chi connectivity index (χ0v) is 14.5. The first-order valence-electron chi connectivity index (χ1n) is 7.40. The number of nitrogens with one attached hydrogen (secondary N) is 1. The Balaban J connectivity index is 2.35. The SMILES string of the molecule is CCCOc1ccc(Br)cc1CNCCCCN(C)C. The van der Waals surface area contributed by atoms with Gasteiger partial charge >= 0.3 is 0 Å². The van der Waals surface area contributed by atoms with E-state index in [9.17, 15) is 0 Å². The standard InChI is InChI=1S/C16H27BrN2O/c1-4-11-20-16-8-7-15(17)12-14(16)13-18-9-5-6-10-19(2)3/h7-8,12,18H,4-6,9-11,13H2,1-3H3. The molecule has 0 atom stereocenters. The number of ether oxygens (including phenoxy) is 1. The van der Waals surface area contributed by atoms with Gasteiger partial charge in [-0.05, 0) is 64.6 Å². The van der Waals surface area contributed by atoms with Crippen molar-refractivity contribution >= 4 is 15.9 Å². The molecule has 0 fully saturated rings. The molecule has 4 heteroatoms. The second kappa shape index (κ2) is 10.2. The lowest BCUT2D eigenvalue weighted by Crippen LogP contribution is -2.18. The fourth-order valence-electron chi connectivity index (χ4n) is 1.94. The number of nitrogens with zero attached hydrogens (tertiary/aromatic N) is 1. The largest absolute Gasteiger partial charge is 0.493 e. The zero-order valence-electron chi connectivity index (χ0n) is 12.9. The van der Waals surface area contributed by atoms with Crippen molar-refractivity contribution in [1.29, 1.82) is 0 Å². The van der Waals surface area contributed by atoms with Gasteiger partial charge in [-0.2, -0.15) is 0 Å². The summed E-state index contributed by atoms with van der Waals surface area (Å²) in [4.78, 5) is 2.23. The first kappa shape index (κ1) is 17.5. The molecule has 0 bridgehead atoms. The van der Waals surface area contributed by atoms with Crippen LogP contribution in [0.25, 0.3) is 0 Å². The van der Waals surface area contributed by atoms with Crippen molar-refractivity contribution in [2.24, 2.45) is 0 Å². The molecular formula is C16H27BrN2O. The van der Waals surface area contributed by atoms with Gasteiger partial charge in [0.05, 0.1) is 6.61 Å². The normalized spacial score (nSPS) is 11.1. The molecule has 0 aliphatic heterocycles. The molecule has 0 aliphatic carbocycles. The average molecular weight is 343 g/mol. The van der Waals surface area contributed by atoms with Crippen LogP contribution in [0.15, 0.2) is 22.7 Å². The topological polar surface area (TPSA) is 24.5 Å². The highest BCUT2D eigenvalue weighted by molar-refractivity contribution is 9.10. The lowest BCUT2D eigenvalue weighted by atomic mass is 10.2. The second-order valence-corrected chi connectivity index (χ2v) is 6.20. The van der Waals surface area contributed by atoms with Crippen molar-refractivity contribution in [3.05, 3.63) is 28.2 Å². The summed E-state index contributed by atoms with van der Waals surface area (Å²) in [6, 6.07) is 6.21. The Bertz CT molecular complexity index is 383. The Kier molecular flexibility index (Phi) is 8.90. The smallest absolute Gasteiger partial charge is 0.123 e. The average Bonchev–Trinajstić information content (AvgIpc) is 2.41. The number of rotatable bonds is 10. The summed E-state index contributed by atoms with van der Waals surface area (Å²) in [5.41, 5.74) is 1.22. The van der Waals surface area contributed by atoms with Crippen molar-refractivity contribution in [2.75, 3.05) is 33.8 Å². The molecule has 0 aromatic heterocycles. The van der Waals surface area contributed by atoms with Crippen LogP contribution in [0.1, 0.15) is 31.7 Å². The number of benzene rings is 1. The summed E-state index contributed by atoms with van der Waals surface area (Å²) < 4.78 is 6.89. The van der Waals surface area contributed by atoms with Crippen LogP contribution in [-0.4, -0.2) is 38.7 Å². The van der Waals surface area contributed by atoms with Crippen LogP contribution < -0.4 is 10.1 Å². The molecular weight excluding hydrogens is 316 g/mol. The van der Waals surface area contributed by atoms with Gasteiger partial charge in [-0.1, -0.05) is 22.9 Å². The van der Waals surface area contributed by atoms with Crippen LogP contribution in [0.3, 0.4) is 0 Å². The fourth-order valence-corrected chi connectivity index (χ4v) is 2.35. The van der Waals surface area contributed by atoms with Gasteiger partial charge < -0.3 is 15.0 Å². The van der Waals surface area contributed by atoms with E-state index in [0.717, 1.165) is 42.9 Å². The maximum absolute atomic E-state index is 5.78. The monoisotopic (exact) mass is 342 g/mol. The summed E-state index contributed by atoms with van der Waals surface area (Å²) in [7, 11) is 4.23. The first-order chi connectivity index (χ1) is 9.63. The predicted octanol–water partition coefficient (Wildman–Crippen LogP) is 3.67. The van der Waals surface area contributed by atoms with Gasteiger partial charge in [0, 0.05) is 16.6 Å². The minimum absolute atomic E-state index is 0.775. The summed E-state index contributed by atoms with van der Waals surface area (Å²) in [6.07, 6.45) is 3.47. The van der Waals surface area contributed by atoms with E-state index in [4.69, 9.17) is 4.74 Å². The maximum atomic E-state index is 5.78. The molecule has 20 heavy (non-hydrogen) atoms. The lowest BCUT2D eigenvalue weighted by molar-refractivity contribution is 0.313. The maximum Gasteiger partial charge on any atom is 0.123 e. The van der Waals surface area contributed by atoms with E-state index in [1.807, 2.05) is 12.1 Å². The molecule has 1 N–H and O–H groups in total. The molecule has 0 saturated heterocycles. The Morgan fingerprint density at radius 2 is 2.05 bits per heavy atom. The van der Waals surface area contributed by atoms with Crippen molar-refractivity contribution in [3.8, 4) is 5.75 Å². The number of hydrogen-bond acceptors (Lipinski definition) is 3. The van der Waals surface area contributed by atoms with Gasteiger partial charge in [0.1, 0.15) is 5.75 Å². The summed E-state index contributed by atoms with van der Waals surface area (Å²) in [6.45, 7) is 5.97. The summed E-state index contributed by atoms with van der Waals surface area (Å²) >= 11 is 3.53. The van der Waals surface area contributed by atoms with Gasteiger partial charge in [0.2, 0.25) is 0 Å². The fraction of sp³-hybridized carbons (Fsp3) is 0.625. The molecule has 1 rings (SSSR count). The van der Waals surface area contributed by atoms with Gasteiger partial charge in [-0.15, -0.1) is 0 Å². The molecule has 0 amide bonds. The third-order valence-corrected chi connectivity index (χ3v) is 3.50. The predicted molar refractivity (Wildman–Crippen MR) is 89.4 cm³/mol. The number of unbranched alkanes of at least 4 members (excludes halogenated alkanes) is 1. The molecule has 114 valence electrons. The lowest BCUT2D eigenvalue weighted by Gasteiger charge is -2.13. The molecule has 0 heterocycles. The molecule has 0 unspecified atom stereocenters. The van der Waals surface area contributed by atoms with E-state index >= 15 is 0 Å². The summed E-state index contributed by atoms with van der Waals surface area (Å²) in [5.74, 6) is 0.996. The van der Waals surface area contributed by atoms with Crippen LogP contribution in [0.4, 0.5) is 0 Å².